The lowest BCUT2D eigenvalue weighted by molar-refractivity contribution is -0.275. The lowest BCUT2D eigenvalue weighted by Crippen LogP contribution is -2.38. The van der Waals surface area contributed by atoms with Gasteiger partial charge in [-0.15, -0.1) is 0 Å². The van der Waals surface area contributed by atoms with Crippen LogP contribution in [0.15, 0.2) is 60.7 Å². The Morgan fingerprint density at radius 1 is 0.692 bits per heavy atom. The minimum atomic E-state index is -1.18. The molecular weight excluding hydrogens is 336 g/mol. The van der Waals surface area contributed by atoms with E-state index in [0.717, 1.165) is 11.1 Å². The minimum Gasteiger partial charge on any atom is -0.429 e. The number of ether oxygens (including phenoxy) is 4. The van der Waals surface area contributed by atoms with E-state index < -0.39 is 24.5 Å². The van der Waals surface area contributed by atoms with Crippen molar-refractivity contribution in [2.75, 3.05) is 0 Å². The number of rotatable bonds is 9. The van der Waals surface area contributed by atoms with Gasteiger partial charge in [-0.05, 0) is 11.1 Å². The summed E-state index contributed by atoms with van der Waals surface area (Å²) in [4.78, 5) is 22.9. The van der Waals surface area contributed by atoms with Crippen molar-refractivity contribution in [1.29, 1.82) is 0 Å². The predicted molar refractivity (Wildman–Crippen MR) is 93.6 cm³/mol. The molecular formula is C20H22O6. The fourth-order valence-electron chi connectivity index (χ4n) is 2.17. The Kier molecular flexibility index (Phi) is 7.79. The van der Waals surface area contributed by atoms with Crippen LogP contribution in [0.2, 0.25) is 0 Å². The van der Waals surface area contributed by atoms with Crippen molar-refractivity contribution in [3.8, 4) is 0 Å². The van der Waals surface area contributed by atoms with Crippen molar-refractivity contribution >= 4 is 11.9 Å². The first-order valence-corrected chi connectivity index (χ1v) is 8.20. The van der Waals surface area contributed by atoms with Gasteiger partial charge >= 0.3 is 11.9 Å². The number of carbonyl (C=O) groups excluding carboxylic acids is 2. The smallest absolute Gasteiger partial charge is 0.305 e. The summed E-state index contributed by atoms with van der Waals surface area (Å²) in [7, 11) is 0. The molecule has 138 valence electrons. The zero-order valence-corrected chi connectivity index (χ0v) is 14.8. The number of hydrogen-bond donors (Lipinski definition) is 0. The topological polar surface area (TPSA) is 71.1 Å². The SMILES string of the molecule is CC(=O)O[C@@H](OCc1ccccc1)[C@H](OCc1ccccc1)OC(C)=O. The van der Waals surface area contributed by atoms with Gasteiger partial charge in [0.15, 0.2) is 0 Å². The maximum absolute atomic E-state index is 11.4. The first kappa shape index (κ1) is 19.6. The second-order valence-electron chi connectivity index (χ2n) is 5.55. The summed E-state index contributed by atoms with van der Waals surface area (Å²) in [5, 5.41) is 0. The van der Waals surface area contributed by atoms with E-state index in [1.807, 2.05) is 60.7 Å². The Morgan fingerprint density at radius 2 is 1.04 bits per heavy atom. The van der Waals surface area contributed by atoms with Crippen molar-refractivity contribution in [1.82, 2.24) is 0 Å². The maximum Gasteiger partial charge on any atom is 0.305 e. The molecule has 0 aromatic heterocycles. The highest BCUT2D eigenvalue weighted by molar-refractivity contribution is 5.67. The van der Waals surface area contributed by atoms with E-state index in [4.69, 9.17) is 18.9 Å². The van der Waals surface area contributed by atoms with Crippen molar-refractivity contribution < 1.29 is 28.5 Å². The van der Waals surface area contributed by atoms with Gasteiger partial charge < -0.3 is 18.9 Å². The molecule has 0 saturated carbocycles. The fourth-order valence-corrected chi connectivity index (χ4v) is 2.17. The van der Waals surface area contributed by atoms with Crippen molar-refractivity contribution in [3.05, 3.63) is 71.8 Å². The summed E-state index contributed by atoms with van der Waals surface area (Å²) in [6.07, 6.45) is -2.36. The van der Waals surface area contributed by atoms with Gasteiger partial charge in [0.1, 0.15) is 0 Å². The second kappa shape index (κ2) is 10.3. The first-order valence-electron chi connectivity index (χ1n) is 8.20. The van der Waals surface area contributed by atoms with Crippen LogP contribution in [-0.4, -0.2) is 24.5 Å². The molecule has 0 bridgehead atoms. The van der Waals surface area contributed by atoms with Crippen LogP contribution in [0.25, 0.3) is 0 Å². The standard InChI is InChI=1S/C20H22O6/c1-15(21)25-19(23-13-17-9-5-3-6-10-17)20(26-16(2)22)24-14-18-11-7-4-8-12-18/h3-12,19-20H,13-14H2,1-2H3/t19-,20-/m1/s1. The van der Waals surface area contributed by atoms with Crippen LogP contribution >= 0.6 is 0 Å². The molecule has 0 N–H and O–H groups in total. The molecule has 2 atom stereocenters. The Labute approximate surface area is 152 Å². The van der Waals surface area contributed by atoms with Crippen LogP contribution < -0.4 is 0 Å². The van der Waals surface area contributed by atoms with Crippen LogP contribution in [0, 0.1) is 0 Å². The average molecular weight is 358 g/mol. The van der Waals surface area contributed by atoms with Crippen molar-refractivity contribution in [2.45, 2.75) is 39.6 Å². The van der Waals surface area contributed by atoms with Gasteiger partial charge in [-0.25, -0.2) is 0 Å². The van der Waals surface area contributed by atoms with Gasteiger partial charge in [0, 0.05) is 13.8 Å². The van der Waals surface area contributed by atoms with Crippen LogP contribution in [0.3, 0.4) is 0 Å². The van der Waals surface area contributed by atoms with E-state index in [9.17, 15) is 9.59 Å². The van der Waals surface area contributed by atoms with Gasteiger partial charge in [-0.2, -0.15) is 0 Å². The minimum absolute atomic E-state index is 0.172. The van der Waals surface area contributed by atoms with Crippen LogP contribution in [0.4, 0.5) is 0 Å². The molecule has 2 rings (SSSR count). The normalized spacial score (nSPS) is 12.8. The molecule has 6 heteroatoms. The monoisotopic (exact) mass is 358 g/mol. The Bertz CT molecular complexity index is 624. The summed E-state index contributed by atoms with van der Waals surface area (Å²) in [5.41, 5.74) is 1.77. The molecule has 6 nitrogen and oxygen atoms in total. The molecule has 0 aliphatic rings. The third-order valence-electron chi connectivity index (χ3n) is 3.30. The second-order valence-corrected chi connectivity index (χ2v) is 5.55. The van der Waals surface area contributed by atoms with Crippen LogP contribution in [0.5, 0.6) is 0 Å². The number of hydrogen-bond acceptors (Lipinski definition) is 6. The molecule has 0 amide bonds. The van der Waals surface area contributed by atoms with Gasteiger partial charge in [-0.1, -0.05) is 60.7 Å². The zero-order valence-electron chi connectivity index (χ0n) is 14.8. The number of esters is 2. The third kappa shape index (κ3) is 7.04. The molecule has 2 aromatic carbocycles. The number of benzene rings is 2. The molecule has 0 unspecified atom stereocenters. The number of carbonyl (C=O) groups is 2. The molecule has 0 radical (unpaired) electrons. The Hall–Kier alpha value is -2.70. The largest absolute Gasteiger partial charge is 0.429 e. The lowest BCUT2D eigenvalue weighted by Gasteiger charge is -2.26. The van der Waals surface area contributed by atoms with Gasteiger partial charge in [0.05, 0.1) is 13.2 Å². The molecule has 0 saturated heterocycles. The summed E-state index contributed by atoms with van der Waals surface area (Å²) in [6, 6.07) is 18.7. The molecule has 0 fully saturated rings. The third-order valence-corrected chi connectivity index (χ3v) is 3.30. The predicted octanol–water partition coefficient (Wildman–Crippen LogP) is 3.20. The molecule has 2 aromatic rings. The van der Waals surface area contributed by atoms with E-state index in [2.05, 4.69) is 0 Å². The van der Waals surface area contributed by atoms with E-state index >= 15 is 0 Å². The van der Waals surface area contributed by atoms with E-state index in [1.165, 1.54) is 13.8 Å². The van der Waals surface area contributed by atoms with E-state index in [1.54, 1.807) is 0 Å². The highest BCUT2D eigenvalue weighted by atomic mass is 16.8. The van der Waals surface area contributed by atoms with Gasteiger partial charge in [-0.3, -0.25) is 9.59 Å². The van der Waals surface area contributed by atoms with Gasteiger partial charge in [0.2, 0.25) is 0 Å². The molecule has 26 heavy (non-hydrogen) atoms. The van der Waals surface area contributed by atoms with Crippen molar-refractivity contribution in [2.24, 2.45) is 0 Å². The molecule has 0 aliphatic carbocycles. The van der Waals surface area contributed by atoms with Crippen molar-refractivity contribution in [3.63, 3.8) is 0 Å². The summed E-state index contributed by atoms with van der Waals surface area (Å²) in [5.74, 6) is -1.13. The Morgan fingerprint density at radius 3 is 1.35 bits per heavy atom. The quantitative estimate of drug-likeness (QED) is 0.506. The molecule has 0 spiro atoms. The van der Waals surface area contributed by atoms with E-state index in [-0.39, 0.29) is 13.2 Å². The van der Waals surface area contributed by atoms with E-state index in [0.29, 0.717) is 0 Å². The van der Waals surface area contributed by atoms with Gasteiger partial charge in [0.25, 0.3) is 12.6 Å². The summed E-state index contributed by atoms with van der Waals surface area (Å²) < 4.78 is 21.6. The molecule has 0 aliphatic heterocycles. The fraction of sp³-hybridized carbons (Fsp3) is 0.300. The maximum atomic E-state index is 11.4. The Balaban J connectivity index is 2.06. The van der Waals surface area contributed by atoms with Crippen LogP contribution in [0.1, 0.15) is 25.0 Å². The molecule has 0 heterocycles. The highest BCUT2D eigenvalue weighted by Gasteiger charge is 2.29. The highest BCUT2D eigenvalue weighted by Crippen LogP contribution is 2.15. The lowest BCUT2D eigenvalue weighted by atomic mass is 10.2. The first-order chi connectivity index (χ1) is 12.5. The zero-order chi connectivity index (χ0) is 18.8. The average Bonchev–Trinajstić information content (AvgIpc) is 2.63. The summed E-state index contributed by atoms with van der Waals surface area (Å²) >= 11 is 0. The summed E-state index contributed by atoms with van der Waals surface area (Å²) in [6.45, 7) is 2.85. The van der Waals surface area contributed by atoms with Crippen LogP contribution in [-0.2, 0) is 41.8 Å².